The number of alkyl halides is 2. The van der Waals surface area contributed by atoms with Gasteiger partial charge in [-0.3, -0.25) is 4.90 Å². The zero-order chi connectivity index (χ0) is 11.4. The lowest BCUT2D eigenvalue weighted by molar-refractivity contribution is 0.143. The van der Waals surface area contributed by atoms with E-state index in [9.17, 15) is 4.79 Å². The number of amides is 1. The number of ether oxygens (including phenoxy) is 1. The van der Waals surface area contributed by atoms with Crippen molar-refractivity contribution < 1.29 is 9.53 Å². The van der Waals surface area contributed by atoms with E-state index in [0.717, 1.165) is 12.8 Å². The topological polar surface area (TPSA) is 29.3 Å². The summed E-state index contributed by atoms with van der Waals surface area (Å²) in [6, 6.07) is 0. The molecule has 2 rings (SSSR count). The molecular formula is C10H15Br2NO2. The van der Waals surface area contributed by atoms with Gasteiger partial charge in [0.15, 0.2) is 0 Å². The van der Waals surface area contributed by atoms with E-state index in [4.69, 9.17) is 4.74 Å². The van der Waals surface area contributed by atoms with E-state index in [1.165, 1.54) is 7.11 Å². The van der Waals surface area contributed by atoms with Crippen molar-refractivity contribution in [1.29, 1.82) is 0 Å². The predicted octanol–water partition coefficient (Wildman–Crippen LogP) is 2.91. The summed E-state index contributed by atoms with van der Waals surface area (Å²) in [5, 5.41) is 0. The second-order valence-corrected chi connectivity index (χ2v) is 7.15. The van der Waals surface area contributed by atoms with Crippen LogP contribution in [0.1, 0.15) is 26.7 Å². The Morgan fingerprint density at radius 2 is 1.67 bits per heavy atom. The van der Waals surface area contributed by atoms with Crippen LogP contribution in [0.15, 0.2) is 0 Å². The Kier molecular flexibility index (Phi) is 2.62. The van der Waals surface area contributed by atoms with Gasteiger partial charge in [0, 0.05) is 9.65 Å². The summed E-state index contributed by atoms with van der Waals surface area (Å²) >= 11 is 7.31. The summed E-state index contributed by atoms with van der Waals surface area (Å²) in [5.41, 5.74) is -0.0862. The maximum atomic E-state index is 11.6. The van der Waals surface area contributed by atoms with Gasteiger partial charge in [-0.25, -0.2) is 4.79 Å². The SMILES string of the molecule is COC(=O)N1[C@]2(C)C[C@@H](Br)[C@@H](Br)C[C@@]12C. The third kappa shape index (κ3) is 1.38. The van der Waals surface area contributed by atoms with Crippen LogP contribution in [0.25, 0.3) is 0 Å². The fraction of sp³-hybridized carbons (Fsp3) is 0.900. The van der Waals surface area contributed by atoms with Crippen molar-refractivity contribution in [2.24, 2.45) is 0 Å². The molecule has 2 fully saturated rings. The standard InChI is InChI=1S/C10H15Br2NO2/c1-9-4-6(11)7(12)5-10(9,2)13(9)8(14)15-3/h6-7H,4-5H2,1-3H3/t6-,7+,9-,10-,13?/m1/s1. The number of likely N-dealkylation sites (tertiary alicyclic amines) is 1. The molecule has 0 aromatic rings. The summed E-state index contributed by atoms with van der Waals surface area (Å²) in [6.07, 6.45) is 1.73. The molecule has 0 bridgehead atoms. The van der Waals surface area contributed by atoms with Gasteiger partial charge in [-0.05, 0) is 26.7 Å². The number of rotatable bonds is 0. The van der Waals surface area contributed by atoms with Crippen molar-refractivity contribution in [2.75, 3.05) is 7.11 Å². The third-order valence-corrected chi connectivity index (χ3v) is 6.67. The molecule has 0 spiro atoms. The van der Waals surface area contributed by atoms with Crippen LogP contribution in [0, 0.1) is 0 Å². The van der Waals surface area contributed by atoms with Crippen LogP contribution >= 0.6 is 31.9 Å². The van der Waals surface area contributed by atoms with Gasteiger partial charge < -0.3 is 4.74 Å². The normalized spacial score (nSPS) is 48.5. The Bertz CT molecular complexity index is 290. The molecule has 86 valence electrons. The smallest absolute Gasteiger partial charge is 0.410 e. The summed E-state index contributed by atoms with van der Waals surface area (Å²) in [4.78, 5) is 14.4. The van der Waals surface area contributed by atoms with E-state index in [1.54, 1.807) is 0 Å². The third-order valence-electron chi connectivity index (χ3n) is 4.03. The Morgan fingerprint density at radius 3 is 2.00 bits per heavy atom. The number of methoxy groups -OCH3 is 1. The molecule has 4 atom stereocenters. The molecule has 1 aliphatic heterocycles. The zero-order valence-electron chi connectivity index (χ0n) is 9.09. The van der Waals surface area contributed by atoms with Gasteiger partial charge in [0.05, 0.1) is 18.2 Å². The van der Waals surface area contributed by atoms with Crippen LogP contribution < -0.4 is 0 Å². The van der Waals surface area contributed by atoms with Gasteiger partial charge in [-0.15, -0.1) is 0 Å². The minimum Gasteiger partial charge on any atom is -0.453 e. The van der Waals surface area contributed by atoms with Crippen molar-refractivity contribution in [3.8, 4) is 0 Å². The molecule has 0 aromatic carbocycles. The monoisotopic (exact) mass is 339 g/mol. The lowest BCUT2D eigenvalue weighted by Crippen LogP contribution is -2.36. The van der Waals surface area contributed by atoms with Crippen molar-refractivity contribution in [3.63, 3.8) is 0 Å². The molecular weight excluding hydrogens is 326 g/mol. The molecule has 1 heterocycles. The van der Waals surface area contributed by atoms with Crippen molar-refractivity contribution in [1.82, 2.24) is 4.90 Å². The Morgan fingerprint density at radius 1 is 1.27 bits per heavy atom. The lowest BCUT2D eigenvalue weighted by atomic mass is 9.82. The molecule has 0 unspecified atom stereocenters. The first-order chi connectivity index (χ1) is 6.87. The molecule has 1 saturated carbocycles. The molecule has 0 aromatic heterocycles. The number of carbonyl (C=O) groups is 1. The number of hydrogen-bond donors (Lipinski definition) is 0. The van der Waals surface area contributed by atoms with E-state index in [1.807, 2.05) is 4.90 Å². The fourth-order valence-electron chi connectivity index (χ4n) is 2.86. The maximum absolute atomic E-state index is 11.6. The number of hydrogen-bond acceptors (Lipinski definition) is 2. The number of nitrogens with zero attached hydrogens (tertiary/aromatic N) is 1. The highest BCUT2D eigenvalue weighted by Crippen LogP contribution is 2.62. The van der Waals surface area contributed by atoms with Gasteiger partial charge >= 0.3 is 6.09 Å². The van der Waals surface area contributed by atoms with Crippen molar-refractivity contribution in [2.45, 2.75) is 47.4 Å². The van der Waals surface area contributed by atoms with Crippen LogP contribution in [0.2, 0.25) is 0 Å². The van der Waals surface area contributed by atoms with Crippen LogP contribution in [0.4, 0.5) is 4.79 Å². The first kappa shape index (κ1) is 11.7. The second-order valence-electron chi connectivity index (χ2n) is 4.79. The van der Waals surface area contributed by atoms with Gasteiger partial charge in [-0.1, -0.05) is 31.9 Å². The molecule has 1 saturated heterocycles. The van der Waals surface area contributed by atoms with E-state index < -0.39 is 0 Å². The Hall–Kier alpha value is 0.230. The summed E-state index contributed by atoms with van der Waals surface area (Å²) in [7, 11) is 1.44. The highest BCUT2D eigenvalue weighted by Gasteiger charge is 2.74. The average Bonchev–Trinajstić information content (AvgIpc) is 2.62. The van der Waals surface area contributed by atoms with E-state index in [0.29, 0.717) is 9.65 Å². The largest absolute Gasteiger partial charge is 0.453 e. The van der Waals surface area contributed by atoms with Crippen molar-refractivity contribution >= 4 is 38.0 Å². The fourth-order valence-corrected chi connectivity index (χ4v) is 4.50. The molecule has 15 heavy (non-hydrogen) atoms. The number of halogens is 2. The molecule has 3 nitrogen and oxygen atoms in total. The van der Waals surface area contributed by atoms with Crippen LogP contribution in [-0.2, 0) is 4.74 Å². The highest BCUT2D eigenvalue weighted by atomic mass is 79.9. The lowest BCUT2D eigenvalue weighted by Gasteiger charge is -2.28. The van der Waals surface area contributed by atoms with Gasteiger partial charge in [0.2, 0.25) is 0 Å². The molecule has 2 aliphatic rings. The quantitative estimate of drug-likeness (QED) is 0.501. The average molecular weight is 341 g/mol. The van der Waals surface area contributed by atoms with Crippen LogP contribution in [0.5, 0.6) is 0 Å². The summed E-state index contributed by atoms with van der Waals surface area (Å²) < 4.78 is 4.82. The van der Waals surface area contributed by atoms with E-state index in [2.05, 4.69) is 45.7 Å². The first-order valence-electron chi connectivity index (χ1n) is 5.03. The Balaban J connectivity index is 2.23. The first-order valence-corrected chi connectivity index (χ1v) is 6.86. The summed E-state index contributed by atoms with van der Waals surface area (Å²) in [5.74, 6) is 0. The minimum atomic E-state index is -0.207. The molecule has 0 N–H and O–H groups in total. The van der Waals surface area contributed by atoms with Gasteiger partial charge in [0.1, 0.15) is 0 Å². The second kappa shape index (κ2) is 3.36. The molecule has 1 aliphatic carbocycles. The highest BCUT2D eigenvalue weighted by molar-refractivity contribution is 9.12. The van der Waals surface area contributed by atoms with Crippen molar-refractivity contribution in [3.05, 3.63) is 0 Å². The maximum Gasteiger partial charge on any atom is 0.410 e. The van der Waals surface area contributed by atoms with E-state index >= 15 is 0 Å². The van der Waals surface area contributed by atoms with Gasteiger partial charge in [0.25, 0.3) is 0 Å². The Labute approximate surface area is 107 Å². The minimum absolute atomic E-state index is 0.0431. The molecule has 0 radical (unpaired) electrons. The number of fused-ring (bicyclic) bond motifs is 1. The van der Waals surface area contributed by atoms with Crippen LogP contribution in [0.3, 0.4) is 0 Å². The molecule has 5 heteroatoms. The molecule has 1 amide bonds. The van der Waals surface area contributed by atoms with Crippen LogP contribution in [-0.4, -0.2) is 38.8 Å². The summed E-state index contributed by atoms with van der Waals surface area (Å²) in [6.45, 7) is 4.27. The number of carbonyl (C=O) groups excluding carboxylic acids is 1. The predicted molar refractivity (Wildman–Crippen MR) is 65.7 cm³/mol. The zero-order valence-corrected chi connectivity index (χ0v) is 12.3. The van der Waals surface area contributed by atoms with E-state index in [-0.39, 0.29) is 17.2 Å². The van der Waals surface area contributed by atoms with Gasteiger partial charge in [-0.2, -0.15) is 0 Å².